The van der Waals surface area contributed by atoms with Crippen LogP contribution in [0.25, 0.3) is 0 Å². The van der Waals surface area contributed by atoms with Crippen molar-refractivity contribution in [3.05, 3.63) is 29.8 Å². The highest BCUT2D eigenvalue weighted by Gasteiger charge is 2.10. The van der Waals surface area contributed by atoms with Gasteiger partial charge in [-0.2, -0.15) is 5.26 Å². The molecule has 1 N–H and O–H groups in total. The van der Waals surface area contributed by atoms with Crippen LogP contribution in [0.3, 0.4) is 0 Å². The lowest BCUT2D eigenvalue weighted by Crippen LogP contribution is -2.29. The summed E-state index contributed by atoms with van der Waals surface area (Å²) in [5, 5.41) is 10.8. The topological polar surface area (TPSA) is 88.4 Å². The number of nitriles is 1. The first kappa shape index (κ1) is 17.5. The van der Waals surface area contributed by atoms with Crippen molar-refractivity contribution in [2.45, 2.75) is 20.3 Å². The molecule has 0 aliphatic carbocycles. The zero-order valence-electron chi connectivity index (χ0n) is 12.8. The van der Waals surface area contributed by atoms with Crippen molar-refractivity contribution in [3.63, 3.8) is 0 Å². The molecule has 1 aromatic carbocycles. The predicted molar refractivity (Wildman–Crippen MR) is 80.3 cm³/mol. The molecule has 1 amide bonds. The Morgan fingerprint density at radius 3 is 2.55 bits per heavy atom. The van der Waals surface area contributed by atoms with Gasteiger partial charge in [0.25, 0.3) is 5.91 Å². The van der Waals surface area contributed by atoms with Crippen molar-refractivity contribution in [2.24, 2.45) is 5.92 Å². The summed E-state index contributed by atoms with van der Waals surface area (Å²) in [6.07, 6.45) is 0.220. The average Bonchev–Trinajstić information content (AvgIpc) is 2.51. The summed E-state index contributed by atoms with van der Waals surface area (Å²) in [5.41, 5.74) is 0.349. The second-order valence-corrected chi connectivity index (χ2v) is 5.06. The van der Waals surface area contributed by atoms with Gasteiger partial charge >= 0.3 is 5.97 Å². The maximum absolute atomic E-state index is 11.8. The van der Waals surface area contributed by atoms with Crippen molar-refractivity contribution in [2.75, 3.05) is 19.8 Å². The van der Waals surface area contributed by atoms with E-state index in [2.05, 4.69) is 5.32 Å². The number of nitrogens with one attached hydrogen (secondary N) is 1. The number of carbonyl (C=O) groups excluding carboxylic acids is 2. The van der Waals surface area contributed by atoms with Gasteiger partial charge in [-0.15, -0.1) is 0 Å². The van der Waals surface area contributed by atoms with E-state index < -0.39 is 11.9 Å². The summed E-state index contributed by atoms with van der Waals surface area (Å²) >= 11 is 0. The standard InChI is InChI=1S/C16H20N2O4/c1-12(2)10-21-14-6-4-13(5-7-14)16(20)22-11-15(19)18-9-3-8-17/h4-7,12H,3,9-11H2,1-2H3,(H,18,19). The molecule has 0 aliphatic rings. The lowest BCUT2D eigenvalue weighted by molar-refractivity contribution is -0.124. The molecular formula is C16H20N2O4. The van der Waals surface area contributed by atoms with Gasteiger partial charge in [-0.3, -0.25) is 4.79 Å². The molecule has 0 unspecified atom stereocenters. The largest absolute Gasteiger partial charge is 0.493 e. The molecule has 118 valence electrons. The summed E-state index contributed by atoms with van der Waals surface area (Å²) < 4.78 is 10.4. The Morgan fingerprint density at radius 2 is 1.95 bits per heavy atom. The highest BCUT2D eigenvalue weighted by molar-refractivity contribution is 5.91. The van der Waals surface area contributed by atoms with Crippen LogP contribution in [0.1, 0.15) is 30.6 Å². The summed E-state index contributed by atoms with van der Waals surface area (Å²) in [4.78, 5) is 23.1. The molecule has 0 fully saturated rings. The normalized spacial score (nSPS) is 9.91. The number of benzene rings is 1. The van der Waals surface area contributed by atoms with Gasteiger partial charge in [0, 0.05) is 6.54 Å². The van der Waals surface area contributed by atoms with Gasteiger partial charge < -0.3 is 14.8 Å². The Kier molecular flexibility index (Phi) is 7.48. The number of esters is 1. The molecule has 0 atom stereocenters. The van der Waals surface area contributed by atoms with Gasteiger partial charge in [0.15, 0.2) is 6.61 Å². The van der Waals surface area contributed by atoms with Crippen LogP contribution in [0.15, 0.2) is 24.3 Å². The third-order valence-electron chi connectivity index (χ3n) is 2.57. The van der Waals surface area contributed by atoms with E-state index in [0.717, 1.165) is 0 Å². The Labute approximate surface area is 130 Å². The fourth-order valence-corrected chi connectivity index (χ4v) is 1.47. The minimum absolute atomic E-state index is 0.220. The Bertz CT molecular complexity index is 532. The molecule has 0 aliphatic heterocycles. The second kappa shape index (κ2) is 9.40. The molecule has 0 saturated carbocycles. The lowest BCUT2D eigenvalue weighted by atomic mass is 10.2. The molecule has 0 radical (unpaired) electrons. The van der Waals surface area contributed by atoms with Gasteiger partial charge in [0.2, 0.25) is 0 Å². The molecule has 0 bridgehead atoms. The van der Waals surface area contributed by atoms with E-state index >= 15 is 0 Å². The predicted octanol–water partition coefficient (Wildman–Crippen LogP) is 1.91. The first-order chi connectivity index (χ1) is 10.5. The first-order valence-electron chi connectivity index (χ1n) is 7.06. The minimum Gasteiger partial charge on any atom is -0.493 e. The van der Waals surface area contributed by atoms with Crippen molar-refractivity contribution < 1.29 is 19.1 Å². The molecular weight excluding hydrogens is 284 g/mol. The molecule has 0 saturated heterocycles. The van der Waals surface area contributed by atoms with E-state index in [1.54, 1.807) is 24.3 Å². The Balaban J connectivity index is 2.39. The number of amides is 1. The number of hydrogen-bond donors (Lipinski definition) is 1. The second-order valence-electron chi connectivity index (χ2n) is 5.06. The Hall–Kier alpha value is -2.55. The summed E-state index contributed by atoms with van der Waals surface area (Å²) in [6, 6.07) is 8.45. The summed E-state index contributed by atoms with van der Waals surface area (Å²) in [6.45, 7) is 4.58. The van der Waals surface area contributed by atoms with Crippen LogP contribution in [0.5, 0.6) is 5.75 Å². The molecule has 6 heteroatoms. The summed E-state index contributed by atoms with van der Waals surface area (Å²) in [5.74, 6) is 0.0926. The number of carbonyl (C=O) groups is 2. The fourth-order valence-electron chi connectivity index (χ4n) is 1.47. The first-order valence-corrected chi connectivity index (χ1v) is 7.06. The third kappa shape index (κ3) is 6.75. The molecule has 1 aromatic rings. The summed E-state index contributed by atoms with van der Waals surface area (Å²) in [7, 11) is 0. The zero-order chi connectivity index (χ0) is 16.4. The van der Waals surface area contributed by atoms with Gasteiger partial charge in [0.05, 0.1) is 24.7 Å². The third-order valence-corrected chi connectivity index (χ3v) is 2.57. The van der Waals surface area contributed by atoms with E-state index in [1.807, 2.05) is 19.9 Å². The van der Waals surface area contributed by atoms with E-state index in [4.69, 9.17) is 14.7 Å². The molecule has 1 rings (SSSR count). The van der Waals surface area contributed by atoms with Crippen molar-refractivity contribution in [1.29, 1.82) is 5.26 Å². The van der Waals surface area contributed by atoms with Gasteiger partial charge in [-0.25, -0.2) is 4.79 Å². The Morgan fingerprint density at radius 1 is 1.27 bits per heavy atom. The van der Waals surface area contributed by atoms with E-state index in [9.17, 15) is 9.59 Å². The number of hydrogen-bond acceptors (Lipinski definition) is 5. The molecule has 22 heavy (non-hydrogen) atoms. The van der Waals surface area contributed by atoms with E-state index in [-0.39, 0.29) is 19.6 Å². The quantitative estimate of drug-likeness (QED) is 0.585. The molecule has 6 nitrogen and oxygen atoms in total. The number of ether oxygens (including phenoxy) is 2. The highest BCUT2D eigenvalue weighted by atomic mass is 16.5. The van der Waals surface area contributed by atoms with Crippen LogP contribution in [0.4, 0.5) is 0 Å². The van der Waals surface area contributed by atoms with Crippen molar-refractivity contribution in [1.82, 2.24) is 5.32 Å². The monoisotopic (exact) mass is 304 g/mol. The number of rotatable bonds is 8. The number of nitrogens with zero attached hydrogens (tertiary/aromatic N) is 1. The lowest BCUT2D eigenvalue weighted by Gasteiger charge is -2.09. The van der Waals surface area contributed by atoms with Crippen LogP contribution in [-0.4, -0.2) is 31.6 Å². The van der Waals surface area contributed by atoms with Crippen LogP contribution >= 0.6 is 0 Å². The molecule has 0 spiro atoms. The van der Waals surface area contributed by atoms with Crippen LogP contribution < -0.4 is 10.1 Å². The van der Waals surface area contributed by atoms with Crippen molar-refractivity contribution >= 4 is 11.9 Å². The van der Waals surface area contributed by atoms with E-state index in [1.165, 1.54) is 0 Å². The van der Waals surface area contributed by atoms with Crippen molar-refractivity contribution in [3.8, 4) is 11.8 Å². The van der Waals surface area contributed by atoms with Gasteiger partial charge in [0.1, 0.15) is 5.75 Å². The van der Waals surface area contributed by atoms with E-state index in [0.29, 0.717) is 23.8 Å². The van der Waals surface area contributed by atoms with Crippen LogP contribution in [0.2, 0.25) is 0 Å². The highest BCUT2D eigenvalue weighted by Crippen LogP contribution is 2.13. The van der Waals surface area contributed by atoms with Crippen LogP contribution in [-0.2, 0) is 9.53 Å². The smallest absolute Gasteiger partial charge is 0.338 e. The fraction of sp³-hybridized carbons (Fsp3) is 0.438. The average molecular weight is 304 g/mol. The van der Waals surface area contributed by atoms with Crippen LogP contribution in [0, 0.1) is 17.2 Å². The maximum atomic E-state index is 11.8. The molecule has 0 aromatic heterocycles. The van der Waals surface area contributed by atoms with Gasteiger partial charge in [-0.05, 0) is 30.2 Å². The minimum atomic E-state index is -0.578. The van der Waals surface area contributed by atoms with Gasteiger partial charge in [-0.1, -0.05) is 13.8 Å². The zero-order valence-corrected chi connectivity index (χ0v) is 12.8. The SMILES string of the molecule is CC(C)COc1ccc(C(=O)OCC(=O)NCCC#N)cc1. The molecule has 0 heterocycles. The maximum Gasteiger partial charge on any atom is 0.338 e.